The van der Waals surface area contributed by atoms with Crippen LogP contribution in [0.25, 0.3) is 5.76 Å². The van der Waals surface area contributed by atoms with E-state index >= 15 is 0 Å². The van der Waals surface area contributed by atoms with Crippen molar-refractivity contribution in [3.8, 4) is 5.75 Å². The highest BCUT2D eigenvalue weighted by Gasteiger charge is 2.47. The number of hydrogen-bond acceptors (Lipinski definition) is 5. The summed E-state index contributed by atoms with van der Waals surface area (Å²) in [5.41, 5.74) is 3.21. The summed E-state index contributed by atoms with van der Waals surface area (Å²) >= 11 is 0. The summed E-state index contributed by atoms with van der Waals surface area (Å²) in [5.74, 6) is -0.745. The number of likely N-dealkylation sites (tertiary alicyclic amines) is 1. The number of rotatable bonds is 5. The molecule has 4 rings (SSSR count). The lowest BCUT2D eigenvalue weighted by Crippen LogP contribution is -2.36. The molecule has 0 aliphatic carbocycles. The van der Waals surface area contributed by atoms with Crippen molar-refractivity contribution in [3.05, 3.63) is 70.3 Å². The molecule has 31 heavy (non-hydrogen) atoms. The van der Waals surface area contributed by atoms with Crippen LogP contribution in [-0.2, 0) is 14.3 Å². The summed E-state index contributed by atoms with van der Waals surface area (Å²) < 4.78 is 11.0. The highest BCUT2D eigenvalue weighted by molar-refractivity contribution is 6.46. The van der Waals surface area contributed by atoms with Gasteiger partial charge in [0.2, 0.25) is 0 Å². The molecule has 6 nitrogen and oxygen atoms in total. The van der Waals surface area contributed by atoms with Crippen molar-refractivity contribution in [1.29, 1.82) is 0 Å². The third kappa shape index (κ3) is 3.95. The number of aliphatic hydroxyl groups is 1. The number of amides is 1. The number of Topliss-reactive ketones (excluding diaryl/α,β-unsaturated/α-hetero) is 1. The number of aryl methyl sites for hydroxylation is 2. The molecule has 0 bridgehead atoms. The zero-order chi connectivity index (χ0) is 22.1. The molecular weight excluding hydrogens is 394 g/mol. The van der Waals surface area contributed by atoms with Crippen LogP contribution in [0.2, 0.25) is 0 Å². The molecule has 0 saturated carbocycles. The van der Waals surface area contributed by atoms with E-state index in [4.69, 9.17) is 9.47 Å². The Morgan fingerprint density at radius 1 is 1.16 bits per heavy atom. The number of nitrogens with zero attached hydrogens (tertiary/aromatic N) is 1. The van der Waals surface area contributed by atoms with Crippen LogP contribution >= 0.6 is 0 Å². The fourth-order valence-electron chi connectivity index (χ4n) is 4.34. The van der Waals surface area contributed by atoms with E-state index in [1.165, 1.54) is 4.90 Å². The van der Waals surface area contributed by atoms with E-state index in [0.717, 1.165) is 29.5 Å². The molecule has 162 valence electrons. The molecule has 2 unspecified atom stereocenters. The molecule has 2 aromatic rings. The second-order valence-electron chi connectivity index (χ2n) is 8.18. The van der Waals surface area contributed by atoms with Gasteiger partial charge in [0.1, 0.15) is 11.5 Å². The van der Waals surface area contributed by atoms with E-state index in [2.05, 4.69) is 0 Å². The molecule has 2 atom stereocenters. The van der Waals surface area contributed by atoms with Crippen LogP contribution in [0.1, 0.15) is 41.1 Å². The van der Waals surface area contributed by atoms with E-state index in [1.54, 1.807) is 19.2 Å². The van der Waals surface area contributed by atoms with Gasteiger partial charge in [-0.05, 0) is 56.0 Å². The van der Waals surface area contributed by atoms with Crippen molar-refractivity contribution in [3.63, 3.8) is 0 Å². The largest absolute Gasteiger partial charge is 0.507 e. The van der Waals surface area contributed by atoms with E-state index in [9.17, 15) is 14.7 Å². The Balaban J connectivity index is 1.85. The van der Waals surface area contributed by atoms with Crippen LogP contribution in [-0.4, -0.2) is 48.1 Å². The first-order valence-electron chi connectivity index (χ1n) is 10.5. The van der Waals surface area contributed by atoms with Crippen molar-refractivity contribution in [2.24, 2.45) is 0 Å². The molecule has 2 aromatic carbocycles. The van der Waals surface area contributed by atoms with E-state index < -0.39 is 17.7 Å². The first-order valence-corrected chi connectivity index (χ1v) is 10.5. The Hall–Kier alpha value is -3.12. The summed E-state index contributed by atoms with van der Waals surface area (Å²) in [6.45, 7) is 4.77. The van der Waals surface area contributed by atoms with Gasteiger partial charge in [0, 0.05) is 18.7 Å². The third-order valence-electron chi connectivity index (χ3n) is 6.04. The molecule has 0 spiro atoms. The number of carbonyl (C=O) groups excluding carboxylic acids is 2. The molecule has 6 heteroatoms. The topological polar surface area (TPSA) is 76.1 Å². The molecule has 2 aliphatic rings. The van der Waals surface area contributed by atoms with Gasteiger partial charge in [-0.3, -0.25) is 9.59 Å². The Kier molecular flexibility index (Phi) is 5.83. The standard InChI is InChI=1S/C25H27NO5/c1-15-6-7-16(2)20(13-15)23(27)21-22(17-8-10-18(30-3)11-9-17)26(25(29)24(21)28)14-19-5-4-12-31-19/h6-11,13,19,22,27H,4-5,12,14H2,1-3H3/b23-21+. The maximum absolute atomic E-state index is 13.1. The second kappa shape index (κ2) is 8.55. The third-order valence-corrected chi connectivity index (χ3v) is 6.04. The minimum Gasteiger partial charge on any atom is -0.507 e. The highest BCUT2D eigenvalue weighted by Crippen LogP contribution is 2.41. The van der Waals surface area contributed by atoms with Crippen LogP contribution in [0, 0.1) is 13.8 Å². The fourth-order valence-corrected chi connectivity index (χ4v) is 4.34. The van der Waals surface area contributed by atoms with Gasteiger partial charge in [0.15, 0.2) is 0 Å². The van der Waals surface area contributed by atoms with E-state index in [1.807, 2.05) is 44.2 Å². The Bertz CT molecular complexity index is 1030. The van der Waals surface area contributed by atoms with Crippen molar-refractivity contribution >= 4 is 17.4 Å². The van der Waals surface area contributed by atoms with Gasteiger partial charge in [-0.15, -0.1) is 0 Å². The molecule has 1 N–H and O–H groups in total. The first kappa shape index (κ1) is 21.1. The molecule has 2 fully saturated rings. The minimum absolute atomic E-state index is 0.111. The Morgan fingerprint density at radius 2 is 1.90 bits per heavy atom. The van der Waals surface area contributed by atoms with Gasteiger partial charge >= 0.3 is 0 Å². The Morgan fingerprint density at radius 3 is 2.55 bits per heavy atom. The van der Waals surface area contributed by atoms with Gasteiger partial charge in [0.25, 0.3) is 11.7 Å². The number of methoxy groups -OCH3 is 1. The summed E-state index contributed by atoms with van der Waals surface area (Å²) in [4.78, 5) is 27.7. The van der Waals surface area contributed by atoms with Crippen molar-refractivity contribution in [2.75, 3.05) is 20.3 Å². The van der Waals surface area contributed by atoms with Gasteiger partial charge in [-0.25, -0.2) is 0 Å². The molecule has 2 saturated heterocycles. The van der Waals surface area contributed by atoms with E-state index in [-0.39, 0.29) is 17.4 Å². The van der Waals surface area contributed by atoms with Gasteiger partial charge < -0.3 is 19.5 Å². The molecule has 2 aliphatic heterocycles. The quantitative estimate of drug-likeness (QED) is 0.450. The number of ketones is 1. The lowest BCUT2D eigenvalue weighted by atomic mass is 9.93. The summed E-state index contributed by atoms with van der Waals surface area (Å²) in [6, 6.07) is 12.2. The van der Waals surface area contributed by atoms with E-state index in [0.29, 0.717) is 24.5 Å². The molecular formula is C25H27NO5. The zero-order valence-electron chi connectivity index (χ0n) is 18.1. The molecule has 0 aromatic heterocycles. The van der Waals surface area contributed by atoms with Crippen LogP contribution in [0.3, 0.4) is 0 Å². The summed E-state index contributed by atoms with van der Waals surface area (Å²) in [5, 5.41) is 11.2. The lowest BCUT2D eigenvalue weighted by Gasteiger charge is -2.27. The average Bonchev–Trinajstić information content (AvgIpc) is 3.37. The zero-order valence-corrected chi connectivity index (χ0v) is 18.1. The smallest absolute Gasteiger partial charge is 0.295 e. The maximum atomic E-state index is 13.1. The van der Waals surface area contributed by atoms with Crippen molar-refractivity contribution in [2.45, 2.75) is 38.8 Å². The number of benzene rings is 2. The number of hydrogen-bond donors (Lipinski definition) is 1. The Labute approximate surface area is 182 Å². The van der Waals surface area contributed by atoms with Crippen LogP contribution in [0.15, 0.2) is 48.0 Å². The number of ether oxygens (including phenoxy) is 2. The van der Waals surface area contributed by atoms with Crippen LogP contribution in [0.4, 0.5) is 0 Å². The first-order chi connectivity index (χ1) is 14.9. The predicted molar refractivity (Wildman–Crippen MR) is 117 cm³/mol. The van der Waals surface area contributed by atoms with Crippen molar-refractivity contribution < 1.29 is 24.2 Å². The van der Waals surface area contributed by atoms with Crippen LogP contribution < -0.4 is 4.74 Å². The van der Waals surface area contributed by atoms with Crippen molar-refractivity contribution in [1.82, 2.24) is 4.90 Å². The second-order valence-corrected chi connectivity index (χ2v) is 8.18. The van der Waals surface area contributed by atoms with Crippen LogP contribution in [0.5, 0.6) is 5.75 Å². The van der Waals surface area contributed by atoms with Gasteiger partial charge in [-0.1, -0.05) is 29.8 Å². The molecule has 0 radical (unpaired) electrons. The highest BCUT2D eigenvalue weighted by atomic mass is 16.5. The van der Waals surface area contributed by atoms with Gasteiger partial charge in [0.05, 0.1) is 24.8 Å². The maximum Gasteiger partial charge on any atom is 0.295 e. The summed E-state index contributed by atoms with van der Waals surface area (Å²) in [7, 11) is 1.58. The number of carbonyl (C=O) groups is 2. The lowest BCUT2D eigenvalue weighted by molar-refractivity contribution is -0.140. The molecule has 1 amide bonds. The average molecular weight is 421 g/mol. The minimum atomic E-state index is -0.685. The molecule has 2 heterocycles. The van der Waals surface area contributed by atoms with Gasteiger partial charge in [-0.2, -0.15) is 0 Å². The predicted octanol–water partition coefficient (Wildman–Crippen LogP) is 3.91. The SMILES string of the molecule is COc1ccc(C2/C(=C(\O)c3cc(C)ccc3C)C(=O)C(=O)N2CC2CCCO2)cc1. The normalized spacial score (nSPS) is 22.9. The fraction of sp³-hybridized carbons (Fsp3) is 0.360. The number of aliphatic hydroxyl groups excluding tert-OH is 1. The monoisotopic (exact) mass is 421 g/mol. The summed E-state index contributed by atoms with van der Waals surface area (Å²) in [6.07, 6.45) is 1.67.